The molecule has 1 aromatic rings. The first-order valence-corrected chi connectivity index (χ1v) is 4.08. The summed E-state index contributed by atoms with van der Waals surface area (Å²) in [5.41, 5.74) is 6.88. The van der Waals surface area contributed by atoms with Gasteiger partial charge in [0.15, 0.2) is 0 Å². The summed E-state index contributed by atoms with van der Waals surface area (Å²) >= 11 is 0. The molecule has 12 heavy (non-hydrogen) atoms. The van der Waals surface area contributed by atoms with Gasteiger partial charge in [0, 0.05) is 24.9 Å². The van der Waals surface area contributed by atoms with E-state index in [4.69, 9.17) is 5.73 Å². The highest BCUT2D eigenvalue weighted by Gasteiger charge is 2.06. The fourth-order valence-electron chi connectivity index (χ4n) is 1.09. The number of carbonyl (C=O) groups is 1. The van der Waals surface area contributed by atoms with Gasteiger partial charge in [-0.3, -0.25) is 0 Å². The standard InChI is InChI=1S/C9H14N2O/c1-7(12)2-3-9(10)8-4-5-11-6-8/h4-6,9,11H,2-3,10H2,1H3. The highest BCUT2D eigenvalue weighted by atomic mass is 16.1. The van der Waals surface area contributed by atoms with E-state index in [-0.39, 0.29) is 11.8 Å². The molecule has 0 saturated carbocycles. The molecule has 0 aliphatic heterocycles. The molecule has 3 heteroatoms. The van der Waals surface area contributed by atoms with Gasteiger partial charge in [0.05, 0.1) is 0 Å². The minimum Gasteiger partial charge on any atom is -0.367 e. The van der Waals surface area contributed by atoms with Crippen LogP contribution in [0.4, 0.5) is 0 Å². The van der Waals surface area contributed by atoms with Crippen molar-refractivity contribution in [2.24, 2.45) is 5.73 Å². The van der Waals surface area contributed by atoms with E-state index in [9.17, 15) is 4.79 Å². The molecule has 1 rings (SSSR count). The highest BCUT2D eigenvalue weighted by molar-refractivity contribution is 5.75. The van der Waals surface area contributed by atoms with Crippen molar-refractivity contribution in [2.45, 2.75) is 25.8 Å². The Morgan fingerprint density at radius 3 is 3.00 bits per heavy atom. The summed E-state index contributed by atoms with van der Waals surface area (Å²) in [6.45, 7) is 1.59. The highest BCUT2D eigenvalue weighted by Crippen LogP contribution is 2.14. The second-order valence-corrected chi connectivity index (χ2v) is 2.99. The average molecular weight is 166 g/mol. The number of Topliss-reactive ketones (excluding diaryl/α,β-unsaturated/α-hetero) is 1. The lowest BCUT2D eigenvalue weighted by molar-refractivity contribution is -0.117. The molecular formula is C9H14N2O. The summed E-state index contributed by atoms with van der Waals surface area (Å²) in [5, 5.41) is 0. The SMILES string of the molecule is CC(=O)CCC(N)c1cc[nH]c1. The molecule has 3 N–H and O–H groups in total. The molecular weight excluding hydrogens is 152 g/mol. The zero-order chi connectivity index (χ0) is 8.97. The summed E-state index contributed by atoms with van der Waals surface area (Å²) < 4.78 is 0. The second kappa shape index (κ2) is 4.07. The molecule has 1 heterocycles. The summed E-state index contributed by atoms with van der Waals surface area (Å²) in [5.74, 6) is 0.195. The monoisotopic (exact) mass is 166 g/mol. The quantitative estimate of drug-likeness (QED) is 0.710. The van der Waals surface area contributed by atoms with Crippen LogP contribution in [0.1, 0.15) is 31.4 Å². The predicted molar refractivity (Wildman–Crippen MR) is 47.6 cm³/mol. The predicted octanol–water partition coefficient (Wildman–Crippen LogP) is 1.38. The molecule has 1 aromatic heterocycles. The minimum absolute atomic E-state index is 0.0138. The molecule has 0 fully saturated rings. The Labute approximate surface area is 72.0 Å². The summed E-state index contributed by atoms with van der Waals surface area (Å²) in [7, 11) is 0. The number of aromatic amines is 1. The van der Waals surface area contributed by atoms with Gasteiger partial charge in [-0.1, -0.05) is 0 Å². The topological polar surface area (TPSA) is 58.9 Å². The molecule has 66 valence electrons. The Morgan fingerprint density at radius 2 is 2.50 bits per heavy atom. The van der Waals surface area contributed by atoms with Crippen molar-refractivity contribution < 1.29 is 4.79 Å². The van der Waals surface area contributed by atoms with Crippen molar-refractivity contribution in [3.05, 3.63) is 24.0 Å². The third-order valence-electron chi connectivity index (χ3n) is 1.86. The molecule has 0 amide bonds. The van der Waals surface area contributed by atoms with Gasteiger partial charge in [0.1, 0.15) is 5.78 Å². The van der Waals surface area contributed by atoms with E-state index in [1.165, 1.54) is 0 Å². The zero-order valence-corrected chi connectivity index (χ0v) is 7.21. The Bertz CT molecular complexity index is 241. The van der Waals surface area contributed by atoms with E-state index in [1.807, 2.05) is 18.5 Å². The van der Waals surface area contributed by atoms with Crippen molar-refractivity contribution in [1.82, 2.24) is 4.98 Å². The van der Waals surface area contributed by atoms with Gasteiger partial charge in [0.2, 0.25) is 0 Å². The van der Waals surface area contributed by atoms with Gasteiger partial charge in [-0.05, 0) is 25.0 Å². The first-order valence-electron chi connectivity index (χ1n) is 4.08. The zero-order valence-electron chi connectivity index (χ0n) is 7.21. The third kappa shape index (κ3) is 2.51. The summed E-state index contributed by atoms with van der Waals surface area (Å²) in [4.78, 5) is 13.6. The fraction of sp³-hybridized carbons (Fsp3) is 0.444. The Balaban J connectivity index is 2.39. The Morgan fingerprint density at radius 1 is 1.75 bits per heavy atom. The molecule has 3 nitrogen and oxygen atoms in total. The number of hydrogen-bond acceptors (Lipinski definition) is 2. The molecule has 0 aliphatic carbocycles. The lowest BCUT2D eigenvalue weighted by Crippen LogP contribution is -2.10. The number of nitrogens with one attached hydrogen (secondary N) is 1. The van der Waals surface area contributed by atoms with Crippen LogP contribution in [0.3, 0.4) is 0 Å². The Kier molecular flexibility index (Phi) is 3.05. The molecule has 0 spiro atoms. The van der Waals surface area contributed by atoms with Crippen molar-refractivity contribution in [3.63, 3.8) is 0 Å². The largest absolute Gasteiger partial charge is 0.367 e. The minimum atomic E-state index is -0.0138. The fourth-order valence-corrected chi connectivity index (χ4v) is 1.09. The maximum absolute atomic E-state index is 10.7. The first kappa shape index (κ1) is 9.00. The molecule has 0 bridgehead atoms. The molecule has 1 unspecified atom stereocenters. The third-order valence-corrected chi connectivity index (χ3v) is 1.86. The molecule has 0 aromatic carbocycles. The maximum Gasteiger partial charge on any atom is 0.129 e. The smallest absolute Gasteiger partial charge is 0.129 e. The van der Waals surface area contributed by atoms with Crippen LogP contribution in [0.5, 0.6) is 0 Å². The lowest BCUT2D eigenvalue weighted by Gasteiger charge is -2.07. The van der Waals surface area contributed by atoms with E-state index in [1.54, 1.807) is 6.92 Å². The van der Waals surface area contributed by atoms with Crippen LogP contribution in [0.2, 0.25) is 0 Å². The maximum atomic E-state index is 10.7. The van der Waals surface area contributed by atoms with Crippen LogP contribution in [-0.4, -0.2) is 10.8 Å². The number of aromatic nitrogens is 1. The molecule has 0 radical (unpaired) electrons. The number of carbonyl (C=O) groups excluding carboxylic acids is 1. The van der Waals surface area contributed by atoms with Crippen molar-refractivity contribution in [1.29, 1.82) is 0 Å². The number of ketones is 1. The van der Waals surface area contributed by atoms with Crippen molar-refractivity contribution in [3.8, 4) is 0 Å². The number of rotatable bonds is 4. The van der Waals surface area contributed by atoms with E-state index in [2.05, 4.69) is 4.98 Å². The second-order valence-electron chi connectivity index (χ2n) is 2.99. The van der Waals surface area contributed by atoms with E-state index < -0.39 is 0 Å². The molecule has 0 saturated heterocycles. The lowest BCUT2D eigenvalue weighted by atomic mass is 10.1. The van der Waals surface area contributed by atoms with Crippen LogP contribution in [0.15, 0.2) is 18.5 Å². The van der Waals surface area contributed by atoms with Gasteiger partial charge >= 0.3 is 0 Å². The van der Waals surface area contributed by atoms with E-state index >= 15 is 0 Å². The normalized spacial score (nSPS) is 12.8. The van der Waals surface area contributed by atoms with Crippen LogP contribution in [0, 0.1) is 0 Å². The van der Waals surface area contributed by atoms with Crippen LogP contribution in [-0.2, 0) is 4.79 Å². The van der Waals surface area contributed by atoms with E-state index in [0.717, 1.165) is 12.0 Å². The van der Waals surface area contributed by atoms with Crippen LogP contribution >= 0.6 is 0 Å². The number of nitrogens with two attached hydrogens (primary N) is 1. The molecule has 1 atom stereocenters. The van der Waals surface area contributed by atoms with Gasteiger partial charge in [-0.15, -0.1) is 0 Å². The van der Waals surface area contributed by atoms with Crippen molar-refractivity contribution >= 4 is 5.78 Å². The average Bonchev–Trinajstić information content (AvgIpc) is 2.51. The molecule has 0 aliphatic rings. The summed E-state index contributed by atoms with van der Waals surface area (Å²) in [6.07, 6.45) is 4.99. The van der Waals surface area contributed by atoms with Crippen molar-refractivity contribution in [2.75, 3.05) is 0 Å². The van der Waals surface area contributed by atoms with Gasteiger partial charge in [0.25, 0.3) is 0 Å². The van der Waals surface area contributed by atoms with Gasteiger partial charge in [-0.2, -0.15) is 0 Å². The number of H-pyrrole nitrogens is 1. The van der Waals surface area contributed by atoms with Gasteiger partial charge in [-0.25, -0.2) is 0 Å². The first-order chi connectivity index (χ1) is 5.70. The van der Waals surface area contributed by atoms with Crippen LogP contribution < -0.4 is 5.73 Å². The van der Waals surface area contributed by atoms with Crippen LogP contribution in [0.25, 0.3) is 0 Å². The summed E-state index contributed by atoms with van der Waals surface area (Å²) in [6, 6.07) is 1.92. The Hall–Kier alpha value is -1.09. The number of hydrogen-bond donors (Lipinski definition) is 2. The van der Waals surface area contributed by atoms with E-state index in [0.29, 0.717) is 6.42 Å². The van der Waals surface area contributed by atoms with Gasteiger partial charge < -0.3 is 15.5 Å².